The molecule has 0 atom stereocenters. The SMILES string of the molecule is CC1CCN(c2cccc3c2NCCC3)CC1. The Labute approximate surface area is 104 Å². The van der Waals surface area contributed by atoms with Gasteiger partial charge in [0, 0.05) is 19.6 Å². The lowest BCUT2D eigenvalue weighted by atomic mass is 9.97. The molecule has 1 saturated heterocycles. The zero-order valence-corrected chi connectivity index (χ0v) is 10.7. The summed E-state index contributed by atoms with van der Waals surface area (Å²) in [5.74, 6) is 0.902. The normalized spacial score (nSPS) is 20.9. The molecule has 0 spiro atoms. The number of aryl methyl sites for hydroxylation is 1. The highest BCUT2D eigenvalue weighted by atomic mass is 15.2. The maximum atomic E-state index is 3.60. The predicted molar refractivity (Wildman–Crippen MR) is 73.9 cm³/mol. The van der Waals surface area contributed by atoms with Gasteiger partial charge in [-0.2, -0.15) is 0 Å². The second-order valence-corrected chi connectivity index (χ2v) is 5.51. The lowest BCUT2D eigenvalue weighted by Crippen LogP contribution is -2.33. The molecule has 2 nitrogen and oxygen atoms in total. The van der Waals surface area contributed by atoms with E-state index >= 15 is 0 Å². The highest BCUT2D eigenvalue weighted by Crippen LogP contribution is 2.34. The van der Waals surface area contributed by atoms with Crippen molar-refractivity contribution in [3.05, 3.63) is 23.8 Å². The largest absolute Gasteiger partial charge is 0.383 e. The predicted octanol–water partition coefficient (Wildman–Crippen LogP) is 3.28. The number of hydrogen-bond acceptors (Lipinski definition) is 2. The zero-order chi connectivity index (χ0) is 11.7. The van der Waals surface area contributed by atoms with E-state index in [1.54, 1.807) is 0 Å². The summed E-state index contributed by atoms with van der Waals surface area (Å²) in [6, 6.07) is 6.78. The third kappa shape index (κ3) is 2.13. The molecule has 0 bridgehead atoms. The average molecular weight is 230 g/mol. The van der Waals surface area contributed by atoms with E-state index in [2.05, 4.69) is 35.3 Å². The van der Waals surface area contributed by atoms with Gasteiger partial charge in [-0.25, -0.2) is 0 Å². The van der Waals surface area contributed by atoms with Gasteiger partial charge in [-0.15, -0.1) is 0 Å². The van der Waals surface area contributed by atoms with Gasteiger partial charge in [0.05, 0.1) is 11.4 Å². The van der Waals surface area contributed by atoms with Crippen molar-refractivity contribution in [3.63, 3.8) is 0 Å². The molecule has 2 aliphatic heterocycles. The fraction of sp³-hybridized carbons (Fsp3) is 0.600. The van der Waals surface area contributed by atoms with Crippen LogP contribution < -0.4 is 10.2 Å². The molecule has 1 aromatic carbocycles. The van der Waals surface area contributed by atoms with Gasteiger partial charge in [0.2, 0.25) is 0 Å². The lowest BCUT2D eigenvalue weighted by Gasteiger charge is -2.35. The van der Waals surface area contributed by atoms with Crippen molar-refractivity contribution in [1.82, 2.24) is 0 Å². The van der Waals surface area contributed by atoms with Crippen molar-refractivity contribution in [2.24, 2.45) is 5.92 Å². The second-order valence-electron chi connectivity index (χ2n) is 5.51. The number of para-hydroxylation sites is 1. The van der Waals surface area contributed by atoms with Crippen LogP contribution in [-0.4, -0.2) is 19.6 Å². The molecule has 92 valence electrons. The van der Waals surface area contributed by atoms with Crippen LogP contribution in [0.3, 0.4) is 0 Å². The van der Waals surface area contributed by atoms with Crippen LogP contribution in [0.2, 0.25) is 0 Å². The quantitative estimate of drug-likeness (QED) is 0.796. The first-order chi connectivity index (χ1) is 8.34. The molecular formula is C15H22N2. The fourth-order valence-corrected chi connectivity index (χ4v) is 3.00. The summed E-state index contributed by atoms with van der Waals surface area (Å²) in [4.78, 5) is 2.57. The number of nitrogens with one attached hydrogen (secondary N) is 1. The number of piperidine rings is 1. The zero-order valence-electron chi connectivity index (χ0n) is 10.7. The Kier molecular flexibility index (Phi) is 2.96. The summed E-state index contributed by atoms with van der Waals surface area (Å²) < 4.78 is 0. The van der Waals surface area contributed by atoms with E-state index in [9.17, 15) is 0 Å². The second kappa shape index (κ2) is 4.59. The van der Waals surface area contributed by atoms with Crippen LogP contribution in [0.4, 0.5) is 11.4 Å². The molecule has 0 radical (unpaired) electrons. The molecule has 2 aliphatic rings. The van der Waals surface area contributed by atoms with Crippen LogP contribution >= 0.6 is 0 Å². The number of rotatable bonds is 1. The third-order valence-electron chi connectivity index (χ3n) is 4.18. The maximum Gasteiger partial charge on any atom is 0.0610 e. The Bertz CT molecular complexity index is 392. The Hall–Kier alpha value is -1.18. The molecular weight excluding hydrogens is 208 g/mol. The Morgan fingerprint density at radius 1 is 1.24 bits per heavy atom. The first-order valence-corrected chi connectivity index (χ1v) is 6.95. The van der Waals surface area contributed by atoms with Crippen LogP contribution in [0.5, 0.6) is 0 Å². The molecule has 0 saturated carbocycles. The number of benzene rings is 1. The third-order valence-corrected chi connectivity index (χ3v) is 4.18. The van der Waals surface area contributed by atoms with Crippen molar-refractivity contribution in [3.8, 4) is 0 Å². The van der Waals surface area contributed by atoms with Gasteiger partial charge < -0.3 is 10.2 Å². The summed E-state index contributed by atoms with van der Waals surface area (Å²) in [5.41, 5.74) is 4.36. The molecule has 1 aromatic rings. The van der Waals surface area contributed by atoms with E-state index < -0.39 is 0 Å². The minimum Gasteiger partial charge on any atom is -0.383 e. The maximum absolute atomic E-state index is 3.60. The molecule has 1 N–H and O–H groups in total. The van der Waals surface area contributed by atoms with Crippen LogP contribution in [0.1, 0.15) is 31.7 Å². The molecule has 2 heteroatoms. The van der Waals surface area contributed by atoms with Crippen molar-refractivity contribution in [2.75, 3.05) is 29.9 Å². The van der Waals surface area contributed by atoms with Gasteiger partial charge in [-0.1, -0.05) is 19.1 Å². The molecule has 0 amide bonds. The molecule has 17 heavy (non-hydrogen) atoms. The molecule has 0 aliphatic carbocycles. The first kappa shape index (κ1) is 10.9. The van der Waals surface area contributed by atoms with E-state index in [0.717, 1.165) is 12.5 Å². The van der Waals surface area contributed by atoms with E-state index in [4.69, 9.17) is 0 Å². The van der Waals surface area contributed by atoms with Crippen LogP contribution in [0.15, 0.2) is 18.2 Å². The number of fused-ring (bicyclic) bond motifs is 1. The summed E-state index contributed by atoms with van der Waals surface area (Å²) in [6.45, 7) is 5.95. The Balaban J connectivity index is 1.87. The van der Waals surface area contributed by atoms with Crippen molar-refractivity contribution < 1.29 is 0 Å². The Morgan fingerprint density at radius 2 is 2.06 bits per heavy atom. The highest BCUT2D eigenvalue weighted by molar-refractivity contribution is 5.74. The van der Waals surface area contributed by atoms with Gasteiger partial charge >= 0.3 is 0 Å². The number of hydrogen-bond donors (Lipinski definition) is 1. The first-order valence-electron chi connectivity index (χ1n) is 6.95. The highest BCUT2D eigenvalue weighted by Gasteiger charge is 2.20. The molecule has 0 unspecified atom stereocenters. The molecule has 2 heterocycles. The van der Waals surface area contributed by atoms with Crippen LogP contribution in [-0.2, 0) is 6.42 Å². The van der Waals surface area contributed by atoms with Crippen molar-refractivity contribution in [1.29, 1.82) is 0 Å². The Morgan fingerprint density at radius 3 is 2.88 bits per heavy atom. The van der Waals surface area contributed by atoms with Gasteiger partial charge in [-0.05, 0) is 43.2 Å². The van der Waals surface area contributed by atoms with Gasteiger partial charge in [0.15, 0.2) is 0 Å². The lowest BCUT2D eigenvalue weighted by molar-refractivity contribution is 0.438. The summed E-state index contributed by atoms with van der Waals surface area (Å²) in [5, 5.41) is 3.60. The monoisotopic (exact) mass is 230 g/mol. The smallest absolute Gasteiger partial charge is 0.0610 e. The van der Waals surface area contributed by atoms with Gasteiger partial charge in [0.25, 0.3) is 0 Å². The molecule has 3 rings (SSSR count). The minimum atomic E-state index is 0.902. The topological polar surface area (TPSA) is 15.3 Å². The van der Waals surface area contributed by atoms with Crippen molar-refractivity contribution >= 4 is 11.4 Å². The average Bonchev–Trinajstić information content (AvgIpc) is 2.39. The van der Waals surface area contributed by atoms with E-state index in [0.29, 0.717) is 0 Å². The van der Waals surface area contributed by atoms with E-state index in [1.165, 1.54) is 55.7 Å². The number of nitrogens with zero attached hydrogens (tertiary/aromatic N) is 1. The van der Waals surface area contributed by atoms with Gasteiger partial charge in [0.1, 0.15) is 0 Å². The summed E-state index contributed by atoms with van der Waals surface area (Å²) in [6.07, 6.45) is 5.18. The van der Waals surface area contributed by atoms with Crippen LogP contribution in [0.25, 0.3) is 0 Å². The summed E-state index contributed by atoms with van der Waals surface area (Å²) >= 11 is 0. The number of anilines is 2. The summed E-state index contributed by atoms with van der Waals surface area (Å²) in [7, 11) is 0. The van der Waals surface area contributed by atoms with E-state index in [-0.39, 0.29) is 0 Å². The molecule has 1 fully saturated rings. The van der Waals surface area contributed by atoms with Crippen molar-refractivity contribution in [2.45, 2.75) is 32.6 Å². The fourth-order valence-electron chi connectivity index (χ4n) is 3.00. The van der Waals surface area contributed by atoms with Gasteiger partial charge in [-0.3, -0.25) is 0 Å². The minimum absolute atomic E-state index is 0.902. The van der Waals surface area contributed by atoms with Crippen LogP contribution in [0, 0.1) is 5.92 Å². The van der Waals surface area contributed by atoms with E-state index in [1.807, 2.05) is 0 Å². The molecule has 0 aromatic heterocycles. The standard InChI is InChI=1S/C15H22N2/c1-12-7-10-17(11-8-12)14-6-2-4-13-5-3-9-16-15(13)14/h2,4,6,12,16H,3,5,7-11H2,1H3.